The highest BCUT2D eigenvalue weighted by atomic mass is 14.9. The van der Waals surface area contributed by atoms with Gasteiger partial charge < -0.3 is 10.3 Å². The quantitative estimate of drug-likeness (QED) is 0.706. The van der Waals surface area contributed by atoms with Crippen molar-refractivity contribution in [2.24, 2.45) is 4.99 Å². The molecule has 3 heteroatoms. The molecule has 3 nitrogen and oxygen atoms in total. The highest BCUT2D eigenvalue weighted by Crippen LogP contribution is 2.18. The highest BCUT2D eigenvalue weighted by molar-refractivity contribution is 5.64. The van der Waals surface area contributed by atoms with Crippen LogP contribution in [0, 0.1) is 0 Å². The maximum Gasteiger partial charge on any atom is 0.136 e. The van der Waals surface area contributed by atoms with Crippen molar-refractivity contribution >= 4 is 18.6 Å². The van der Waals surface area contributed by atoms with E-state index in [2.05, 4.69) is 41.9 Å². The molecule has 0 bridgehead atoms. The molecule has 0 aliphatic rings. The van der Waals surface area contributed by atoms with E-state index in [9.17, 15) is 0 Å². The van der Waals surface area contributed by atoms with Crippen molar-refractivity contribution in [2.45, 2.75) is 26.8 Å². The molecule has 0 fully saturated rings. The molecule has 14 heavy (non-hydrogen) atoms. The topological polar surface area (TPSA) is 40.2 Å². The fourth-order valence-corrected chi connectivity index (χ4v) is 1.36. The Labute approximate surface area is 85.0 Å². The molecular weight excluding hydrogens is 174 g/mol. The normalized spacial score (nSPS) is 11.9. The maximum atomic E-state index is 3.88. The Hall–Kier alpha value is -1.51. The SMILES string of the molecule is C=Nc1[nH]ccc1/C=C(\C)NC(C)C. The molecule has 0 saturated carbocycles. The zero-order chi connectivity index (χ0) is 10.6. The minimum absolute atomic E-state index is 0.449. The second-order valence-corrected chi connectivity index (χ2v) is 3.57. The lowest BCUT2D eigenvalue weighted by Gasteiger charge is -2.09. The van der Waals surface area contributed by atoms with Crippen LogP contribution in [0.1, 0.15) is 26.3 Å². The Bertz CT molecular complexity index is 334. The van der Waals surface area contributed by atoms with Crippen molar-refractivity contribution in [3.05, 3.63) is 23.5 Å². The fraction of sp³-hybridized carbons (Fsp3) is 0.364. The average Bonchev–Trinajstić information content (AvgIpc) is 2.50. The first-order chi connectivity index (χ1) is 6.63. The van der Waals surface area contributed by atoms with E-state index < -0.39 is 0 Å². The van der Waals surface area contributed by atoms with E-state index in [0.717, 1.165) is 17.1 Å². The van der Waals surface area contributed by atoms with Gasteiger partial charge in [-0.1, -0.05) is 0 Å². The lowest BCUT2D eigenvalue weighted by molar-refractivity contribution is 0.673. The van der Waals surface area contributed by atoms with Crippen LogP contribution in [-0.4, -0.2) is 17.7 Å². The number of allylic oxidation sites excluding steroid dienone is 1. The van der Waals surface area contributed by atoms with Gasteiger partial charge in [-0.05, 0) is 39.6 Å². The van der Waals surface area contributed by atoms with E-state index in [1.165, 1.54) is 0 Å². The second kappa shape index (κ2) is 4.65. The van der Waals surface area contributed by atoms with Gasteiger partial charge in [0.2, 0.25) is 0 Å². The molecule has 2 N–H and O–H groups in total. The molecule has 0 unspecified atom stereocenters. The first-order valence-corrected chi connectivity index (χ1v) is 4.72. The molecular formula is C11H17N3. The summed E-state index contributed by atoms with van der Waals surface area (Å²) < 4.78 is 0. The summed E-state index contributed by atoms with van der Waals surface area (Å²) in [5, 5.41) is 3.32. The van der Waals surface area contributed by atoms with E-state index in [-0.39, 0.29) is 0 Å². The third-order valence-corrected chi connectivity index (χ3v) is 1.80. The molecule has 0 aromatic carbocycles. The standard InChI is InChI=1S/C11H17N3/c1-8(2)14-9(3)7-10-5-6-13-11(10)12-4/h5-8,13-14H,4H2,1-3H3/b9-7+. The van der Waals surface area contributed by atoms with Crippen molar-refractivity contribution in [1.82, 2.24) is 10.3 Å². The Morgan fingerprint density at radius 3 is 2.93 bits per heavy atom. The number of hydrogen-bond acceptors (Lipinski definition) is 2. The van der Waals surface area contributed by atoms with Crippen molar-refractivity contribution in [2.75, 3.05) is 0 Å². The number of H-pyrrole nitrogens is 1. The molecule has 0 amide bonds. The summed E-state index contributed by atoms with van der Waals surface area (Å²) in [5.41, 5.74) is 2.19. The molecule has 0 aliphatic carbocycles. The van der Waals surface area contributed by atoms with Gasteiger partial charge in [0.1, 0.15) is 5.82 Å². The minimum atomic E-state index is 0.449. The molecule has 0 atom stereocenters. The van der Waals surface area contributed by atoms with Crippen molar-refractivity contribution in [3.63, 3.8) is 0 Å². The fourth-order valence-electron chi connectivity index (χ4n) is 1.36. The zero-order valence-electron chi connectivity index (χ0n) is 8.96. The van der Waals surface area contributed by atoms with Crippen molar-refractivity contribution in [1.29, 1.82) is 0 Å². The summed E-state index contributed by atoms with van der Waals surface area (Å²) in [6.45, 7) is 9.77. The van der Waals surface area contributed by atoms with Crippen LogP contribution in [0.15, 0.2) is 23.0 Å². The Morgan fingerprint density at radius 1 is 1.64 bits per heavy atom. The van der Waals surface area contributed by atoms with E-state index in [4.69, 9.17) is 0 Å². The third-order valence-electron chi connectivity index (χ3n) is 1.80. The predicted octanol–water partition coefficient (Wildman–Crippen LogP) is 2.71. The first kappa shape index (κ1) is 10.6. The number of aromatic amines is 1. The maximum absolute atomic E-state index is 3.88. The minimum Gasteiger partial charge on any atom is -0.386 e. The number of aromatic nitrogens is 1. The first-order valence-electron chi connectivity index (χ1n) is 4.72. The van der Waals surface area contributed by atoms with E-state index in [0.29, 0.717) is 6.04 Å². The lowest BCUT2D eigenvalue weighted by Crippen LogP contribution is -2.19. The van der Waals surface area contributed by atoms with Crippen LogP contribution in [0.4, 0.5) is 5.82 Å². The number of nitrogens with one attached hydrogen (secondary N) is 2. The van der Waals surface area contributed by atoms with Crippen molar-refractivity contribution < 1.29 is 0 Å². The second-order valence-electron chi connectivity index (χ2n) is 3.57. The Kier molecular flexibility index (Phi) is 3.51. The summed E-state index contributed by atoms with van der Waals surface area (Å²) in [6, 6.07) is 2.43. The molecule has 0 spiro atoms. The largest absolute Gasteiger partial charge is 0.386 e. The number of aliphatic imine (C=N–C) groups is 1. The van der Waals surface area contributed by atoms with Crippen molar-refractivity contribution in [3.8, 4) is 0 Å². The van der Waals surface area contributed by atoms with Gasteiger partial charge in [-0.2, -0.15) is 0 Å². The van der Waals surface area contributed by atoms with Gasteiger partial charge in [0.25, 0.3) is 0 Å². The average molecular weight is 191 g/mol. The monoisotopic (exact) mass is 191 g/mol. The highest BCUT2D eigenvalue weighted by Gasteiger charge is 1.99. The Morgan fingerprint density at radius 2 is 2.36 bits per heavy atom. The molecule has 0 saturated heterocycles. The summed E-state index contributed by atoms with van der Waals surface area (Å²) in [7, 11) is 0. The molecule has 1 aromatic rings. The van der Waals surface area contributed by atoms with Crippen LogP contribution < -0.4 is 5.32 Å². The van der Waals surface area contributed by atoms with E-state index in [1.807, 2.05) is 19.2 Å². The van der Waals surface area contributed by atoms with Gasteiger partial charge >= 0.3 is 0 Å². The number of rotatable bonds is 4. The number of hydrogen-bond donors (Lipinski definition) is 2. The number of nitrogens with zero attached hydrogens (tertiary/aromatic N) is 1. The van der Waals surface area contributed by atoms with E-state index >= 15 is 0 Å². The smallest absolute Gasteiger partial charge is 0.136 e. The third kappa shape index (κ3) is 2.76. The predicted molar refractivity (Wildman–Crippen MR) is 61.9 cm³/mol. The summed E-state index contributed by atoms with van der Waals surface area (Å²) in [5.74, 6) is 0.815. The molecule has 0 radical (unpaired) electrons. The van der Waals surface area contributed by atoms with Gasteiger partial charge in [-0.3, -0.25) is 0 Å². The van der Waals surface area contributed by atoms with Crippen LogP contribution in [0.3, 0.4) is 0 Å². The molecule has 1 rings (SSSR count). The van der Waals surface area contributed by atoms with Crippen LogP contribution in [0.25, 0.3) is 6.08 Å². The van der Waals surface area contributed by atoms with E-state index in [1.54, 1.807) is 0 Å². The zero-order valence-corrected chi connectivity index (χ0v) is 8.96. The van der Waals surface area contributed by atoms with Gasteiger partial charge in [0, 0.05) is 23.5 Å². The lowest BCUT2D eigenvalue weighted by atomic mass is 10.2. The van der Waals surface area contributed by atoms with Gasteiger partial charge in [0.15, 0.2) is 0 Å². The van der Waals surface area contributed by atoms with Crippen LogP contribution in [0.5, 0.6) is 0 Å². The van der Waals surface area contributed by atoms with Crippen LogP contribution in [-0.2, 0) is 0 Å². The molecule has 1 aromatic heterocycles. The van der Waals surface area contributed by atoms with Crippen LogP contribution in [0.2, 0.25) is 0 Å². The van der Waals surface area contributed by atoms with Gasteiger partial charge in [-0.15, -0.1) is 0 Å². The molecule has 76 valence electrons. The molecule has 0 aliphatic heterocycles. The summed E-state index contributed by atoms with van der Waals surface area (Å²) >= 11 is 0. The van der Waals surface area contributed by atoms with Gasteiger partial charge in [-0.25, -0.2) is 4.99 Å². The van der Waals surface area contributed by atoms with Crippen LogP contribution >= 0.6 is 0 Å². The summed E-state index contributed by atoms with van der Waals surface area (Å²) in [4.78, 5) is 6.90. The molecule has 1 heterocycles. The Balaban J connectivity index is 2.80. The van der Waals surface area contributed by atoms with Gasteiger partial charge in [0.05, 0.1) is 0 Å². The summed E-state index contributed by atoms with van der Waals surface area (Å²) in [6.07, 6.45) is 3.92.